The molecule has 0 spiro atoms. The van der Waals surface area contributed by atoms with E-state index in [-0.39, 0.29) is 12.0 Å². The second kappa shape index (κ2) is 10.8. The van der Waals surface area contributed by atoms with E-state index in [0.29, 0.717) is 0 Å². The Morgan fingerprint density at radius 2 is 2.04 bits per heavy atom. The lowest BCUT2D eigenvalue weighted by Gasteiger charge is -2.21. The third-order valence-electron chi connectivity index (χ3n) is 5.31. The molecule has 3 nitrogen and oxygen atoms in total. The Labute approximate surface area is 165 Å². The van der Waals surface area contributed by atoms with Crippen LogP contribution < -0.4 is 4.74 Å². The van der Waals surface area contributed by atoms with Gasteiger partial charge in [-0.15, -0.1) is 6.58 Å². The van der Waals surface area contributed by atoms with Gasteiger partial charge in [0.05, 0.1) is 11.7 Å². The maximum Gasteiger partial charge on any atom is 0.120 e. The lowest BCUT2D eigenvalue weighted by molar-refractivity contribution is 0.185. The van der Waals surface area contributed by atoms with Crippen LogP contribution in [0.1, 0.15) is 81.9 Å². The van der Waals surface area contributed by atoms with Crippen molar-refractivity contribution in [2.75, 3.05) is 13.1 Å². The smallest absolute Gasteiger partial charge is 0.120 e. The second-order valence-electron chi connectivity index (χ2n) is 7.51. The minimum absolute atomic E-state index is 0.223. The summed E-state index contributed by atoms with van der Waals surface area (Å²) in [5, 5.41) is 9.85. The maximum atomic E-state index is 9.85. The number of likely N-dealkylation sites (tertiary alicyclic amines) is 1. The van der Waals surface area contributed by atoms with E-state index in [9.17, 15) is 5.26 Å². The van der Waals surface area contributed by atoms with E-state index in [1.807, 2.05) is 12.1 Å². The summed E-state index contributed by atoms with van der Waals surface area (Å²) >= 11 is 0. The zero-order valence-corrected chi connectivity index (χ0v) is 17.2. The standard InChI is InChI=1S/C24H34N2O/c1-5-10-19(4)23-17-22(27-21(7-3)11-6-2)16-20(24(23)18-25)12-15-26-13-8-9-14-26/h5,12,15-17,19,21H,1,6-11,13-14H2,2-4H3. The Morgan fingerprint density at radius 3 is 2.63 bits per heavy atom. The Kier molecular flexibility index (Phi) is 8.45. The van der Waals surface area contributed by atoms with Gasteiger partial charge >= 0.3 is 0 Å². The molecule has 0 radical (unpaired) electrons. The van der Waals surface area contributed by atoms with Crippen LogP contribution in [-0.2, 0) is 0 Å². The highest BCUT2D eigenvalue weighted by Crippen LogP contribution is 2.32. The van der Waals surface area contributed by atoms with Gasteiger partial charge in [0.15, 0.2) is 0 Å². The average molecular weight is 367 g/mol. The molecule has 1 heterocycles. The topological polar surface area (TPSA) is 36.3 Å². The molecular formula is C24H34N2O. The molecule has 0 aliphatic carbocycles. The zero-order valence-electron chi connectivity index (χ0n) is 17.2. The van der Waals surface area contributed by atoms with Gasteiger partial charge in [-0.1, -0.05) is 33.3 Å². The van der Waals surface area contributed by atoms with Gasteiger partial charge in [0.25, 0.3) is 0 Å². The molecule has 3 heteroatoms. The van der Waals surface area contributed by atoms with Crippen molar-refractivity contribution in [3.63, 3.8) is 0 Å². The summed E-state index contributed by atoms with van der Waals surface area (Å²) in [6.45, 7) is 12.6. The monoisotopic (exact) mass is 366 g/mol. The van der Waals surface area contributed by atoms with Crippen molar-refractivity contribution in [3.8, 4) is 11.8 Å². The van der Waals surface area contributed by atoms with E-state index in [1.165, 1.54) is 12.8 Å². The van der Waals surface area contributed by atoms with Gasteiger partial charge in [0.2, 0.25) is 0 Å². The van der Waals surface area contributed by atoms with Crippen LogP contribution in [0.15, 0.2) is 31.0 Å². The van der Waals surface area contributed by atoms with Crippen molar-refractivity contribution in [3.05, 3.63) is 47.7 Å². The molecule has 2 rings (SSSR count). The minimum Gasteiger partial charge on any atom is -0.490 e. The lowest BCUT2D eigenvalue weighted by Crippen LogP contribution is -2.15. The van der Waals surface area contributed by atoms with Crippen molar-refractivity contribution in [1.29, 1.82) is 5.26 Å². The summed E-state index contributed by atoms with van der Waals surface area (Å²) < 4.78 is 6.30. The number of ether oxygens (including phenoxy) is 1. The Bertz CT molecular complexity index is 680. The second-order valence-corrected chi connectivity index (χ2v) is 7.51. The summed E-state index contributed by atoms with van der Waals surface area (Å²) in [7, 11) is 0. The molecule has 0 amide bonds. The number of allylic oxidation sites excluding steroid dienone is 1. The van der Waals surface area contributed by atoms with Crippen LogP contribution in [-0.4, -0.2) is 24.1 Å². The van der Waals surface area contributed by atoms with Gasteiger partial charge in [-0.3, -0.25) is 0 Å². The van der Waals surface area contributed by atoms with E-state index in [1.54, 1.807) is 0 Å². The predicted molar refractivity (Wildman–Crippen MR) is 114 cm³/mol. The molecule has 1 aliphatic heterocycles. The largest absolute Gasteiger partial charge is 0.490 e. The van der Waals surface area contributed by atoms with Crippen LogP contribution >= 0.6 is 0 Å². The van der Waals surface area contributed by atoms with E-state index in [2.05, 4.69) is 56.7 Å². The molecule has 2 unspecified atom stereocenters. The van der Waals surface area contributed by atoms with Crippen molar-refractivity contribution in [1.82, 2.24) is 4.90 Å². The summed E-state index contributed by atoms with van der Waals surface area (Å²) in [6.07, 6.45) is 12.9. The van der Waals surface area contributed by atoms with E-state index in [0.717, 1.165) is 61.2 Å². The fourth-order valence-corrected chi connectivity index (χ4v) is 3.69. The number of benzene rings is 1. The molecule has 1 aromatic rings. The first-order valence-electron chi connectivity index (χ1n) is 10.4. The molecular weight excluding hydrogens is 332 g/mol. The van der Waals surface area contributed by atoms with E-state index >= 15 is 0 Å². The first kappa shape index (κ1) is 21.1. The molecule has 0 saturated carbocycles. The van der Waals surface area contributed by atoms with Gasteiger partial charge < -0.3 is 9.64 Å². The van der Waals surface area contributed by atoms with Crippen LogP contribution in [0.5, 0.6) is 5.75 Å². The number of hydrogen-bond donors (Lipinski definition) is 0. The summed E-state index contributed by atoms with van der Waals surface area (Å²) in [5.74, 6) is 1.12. The van der Waals surface area contributed by atoms with E-state index in [4.69, 9.17) is 4.74 Å². The molecule has 0 aromatic heterocycles. The maximum absolute atomic E-state index is 9.85. The Morgan fingerprint density at radius 1 is 1.30 bits per heavy atom. The van der Waals surface area contributed by atoms with Gasteiger partial charge in [-0.2, -0.15) is 5.26 Å². The average Bonchev–Trinajstić information content (AvgIpc) is 3.19. The van der Waals surface area contributed by atoms with Crippen molar-refractivity contribution in [2.45, 2.75) is 71.3 Å². The van der Waals surface area contributed by atoms with Crippen LogP contribution in [0.4, 0.5) is 0 Å². The summed E-state index contributed by atoms with van der Waals surface area (Å²) in [6, 6.07) is 6.54. The first-order chi connectivity index (χ1) is 13.1. The Hall–Kier alpha value is -2.21. The van der Waals surface area contributed by atoms with Crippen LogP contribution in [0, 0.1) is 11.3 Å². The van der Waals surface area contributed by atoms with Gasteiger partial charge in [0.1, 0.15) is 11.8 Å². The van der Waals surface area contributed by atoms with Gasteiger partial charge in [-0.25, -0.2) is 0 Å². The van der Waals surface area contributed by atoms with Crippen LogP contribution in [0.2, 0.25) is 0 Å². The molecule has 2 atom stereocenters. The molecule has 146 valence electrons. The highest BCUT2D eigenvalue weighted by Gasteiger charge is 2.17. The normalized spacial score (nSPS) is 16.3. The number of nitriles is 1. The van der Waals surface area contributed by atoms with Crippen molar-refractivity contribution in [2.24, 2.45) is 0 Å². The van der Waals surface area contributed by atoms with Gasteiger partial charge in [0, 0.05) is 13.1 Å². The van der Waals surface area contributed by atoms with Crippen LogP contribution in [0.3, 0.4) is 0 Å². The number of nitrogens with zero attached hydrogens (tertiary/aromatic N) is 2. The molecule has 1 aliphatic rings. The highest BCUT2D eigenvalue weighted by atomic mass is 16.5. The van der Waals surface area contributed by atoms with Gasteiger partial charge in [-0.05, 0) is 73.6 Å². The first-order valence-corrected chi connectivity index (χ1v) is 10.4. The van der Waals surface area contributed by atoms with Crippen molar-refractivity contribution >= 4 is 6.08 Å². The number of hydrogen-bond acceptors (Lipinski definition) is 3. The zero-order chi connectivity index (χ0) is 19.6. The fraction of sp³-hybridized carbons (Fsp3) is 0.542. The van der Waals surface area contributed by atoms with Crippen molar-refractivity contribution < 1.29 is 4.74 Å². The molecule has 1 aromatic carbocycles. The third-order valence-corrected chi connectivity index (χ3v) is 5.31. The lowest BCUT2D eigenvalue weighted by atomic mass is 9.90. The number of rotatable bonds is 10. The molecule has 1 fully saturated rings. The Balaban J connectivity index is 2.41. The quantitative estimate of drug-likeness (QED) is 0.458. The summed E-state index contributed by atoms with van der Waals surface area (Å²) in [5.41, 5.74) is 2.78. The molecule has 27 heavy (non-hydrogen) atoms. The highest BCUT2D eigenvalue weighted by molar-refractivity contribution is 5.63. The molecule has 1 saturated heterocycles. The third kappa shape index (κ3) is 5.89. The van der Waals surface area contributed by atoms with Crippen LogP contribution in [0.25, 0.3) is 6.08 Å². The predicted octanol–water partition coefficient (Wildman–Crippen LogP) is 6.26. The fourth-order valence-electron chi connectivity index (χ4n) is 3.69. The molecule has 0 bridgehead atoms. The summed E-state index contributed by atoms with van der Waals surface area (Å²) in [4.78, 5) is 2.33. The minimum atomic E-state index is 0.223. The molecule has 0 N–H and O–H groups in total. The SMILES string of the molecule is C=CCC(C)c1cc(OC(CC)CCC)cc(C=CN2CCCC2)c1C#N. The van der Waals surface area contributed by atoms with E-state index < -0.39 is 0 Å².